The maximum atomic E-state index is 5.48. The van der Waals surface area contributed by atoms with Gasteiger partial charge in [0.2, 0.25) is 0 Å². The van der Waals surface area contributed by atoms with Crippen LogP contribution >= 0.6 is 0 Å². The summed E-state index contributed by atoms with van der Waals surface area (Å²) in [5.41, 5.74) is 0. The second kappa shape index (κ2) is 6.14. The van der Waals surface area contributed by atoms with Gasteiger partial charge in [0.25, 0.3) is 0 Å². The van der Waals surface area contributed by atoms with Gasteiger partial charge in [0, 0.05) is 39.9 Å². The summed E-state index contributed by atoms with van der Waals surface area (Å²) in [7, 11) is 5.65. The van der Waals surface area contributed by atoms with Gasteiger partial charge in [-0.15, -0.1) is 0 Å². The maximum absolute atomic E-state index is 5.48. The molecule has 0 aromatic heterocycles. The first kappa shape index (κ1) is 13.3. The fourth-order valence-electron chi connectivity index (χ4n) is 3.39. The number of likely N-dealkylation sites (tertiary alicyclic amines) is 1. The van der Waals surface area contributed by atoms with E-state index in [1.54, 1.807) is 14.2 Å². The highest BCUT2D eigenvalue weighted by molar-refractivity contribution is 4.90. The molecule has 1 heterocycles. The van der Waals surface area contributed by atoms with Crippen LogP contribution in [0.25, 0.3) is 0 Å². The van der Waals surface area contributed by atoms with Gasteiger partial charge >= 0.3 is 0 Å². The summed E-state index contributed by atoms with van der Waals surface area (Å²) < 4.78 is 11.0. The highest BCUT2D eigenvalue weighted by atomic mass is 16.5. The van der Waals surface area contributed by atoms with Gasteiger partial charge in [-0.1, -0.05) is 6.42 Å². The van der Waals surface area contributed by atoms with E-state index < -0.39 is 0 Å². The average molecular weight is 242 g/mol. The van der Waals surface area contributed by atoms with Crippen LogP contribution in [0, 0.1) is 5.92 Å². The van der Waals surface area contributed by atoms with E-state index in [0.29, 0.717) is 6.04 Å². The topological polar surface area (TPSA) is 33.7 Å². The molecule has 2 aliphatic rings. The summed E-state index contributed by atoms with van der Waals surface area (Å²) in [6, 6.07) is 0.706. The lowest BCUT2D eigenvalue weighted by atomic mass is 10.0. The molecule has 0 amide bonds. The lowest BCUT2D eigenvalue weighted by Gasteiger charge is -2.24. The second-order valence-corrected chi connectivity index (χ2v) is 5.35. The standard InChI is InChI=1S/C13H26N2O2/c1-14-11-6-4-5-10(11)7-15-8-12(16-2)13(9-15)17-3/h10-14H,4-9H2,1-3H3. The van der Waals surface area contributed by atoms with Gasteiger partial charge in [-0.2, -0.15) is 0 Å². The van der Waals surface area contributed by atoms with Crippen LogP contribution in [0.15, 0.2) is 0 Å². The van der Waals surface area contributed by atoms with Crippen LogP contribution < -0.4 is 5.32 Å². The molecule has 4 unspecified atom stereocenters. The molecule has 0 aromatic rings. The molecule has 0 bridgehead atoms. The van der Waals surface area contributed by atoms with Gasteiger partial charge in [0.1, 0.15) is 0 Å². The van der Waals surface area contributed by atoms with Crippen LogP contribution in [0.3, 0.4) is 0 Å². The van der Waals surface area contributed by atoms with Crippen molar-refractivity contribution in [3.8, 4) is 0 Å². The predicted molar refractivity (Wildman–Crippen MR) is 68.2 cm³/mol. The van der Waals surface area contributed by atoms with Crippen molar-refractivity contribution in [2.75, 3.05) is 40.9 Å². The fraction of sp³-hybridized carbons (Fsp3) is 1.00. The molecule has 17 heavy (non-hydrogen) atoms. The van der Waals surface area contributed by atoms with Crippen molar-refractivity contribution in [3.63, 3.8) is 0 Å². The van der Waals surface area contributed by atoms with E-state index in [2.05, 4.69) is 17.3 Å². The van der Waals surface area contributed by atoms with Crippen molar-refractivity contribution in [1.82, 2.24) is 10.2 Å². The first-order valence-corrected chi connectivity index (χ1v) is 6.73. The van der Waals surface area contributed by atoms with E-state index in [1.807, 2.05) is 0 Å². The summed E-state index contributed by atoms with van der Waals surface area (Å²) in [4.78, 5) is 2.50. The number of hydrogen-bond acceptors (Lipinski definition) is 4. The van der Waals surface area contributed by atoms with Gasteiger partial charge in [0.15, 0.2) is 0 Å². The van der Waals surface area contributed by atoms with Crippen LogP contribution in [-0.2, 0) is 9.47 Å². The van der Waals surface area contributed by atoms with Gasteiger partial charge in [-0.3, -0.25) is 4.90 Å². The highest BCUT2D eigenvalue weighted by Crippen LogP contribution is 2.28. The summed E-state index contributed by atoms with van der Waals surface area (Å²) in [5.74, 6) is 0.799. The number of rotatable bonds is 5. The third kappa shape index (κ3) is 2.99. The lowest BCUT2D eigenvalue weighted by Crippen LogP contribution is -2.37. The van der Waals surface area contributed by atoms with E-state index >= 15 is 0 Å². The smallest absolute Gasteiger partial charge is 0.0971 e. The van der Waals surface area contributed by atoms with E-state index in [1.165, 1.54) is 25.8 Å². The molecule has 0 spiro atoms. The largest absolute Gasteiger partial charge is 0.377 e. The third-order valence-electron chi connectivity index (χ3n) is 4.42. The van der Waals surface area contributed by atoms with Gasteiger partial charge in [0.05, 0.1) is 12.2 Å². The zero-order valence-electron chi connectivity index (χ0n) is 11.3. The molecule has 1 saturated heterocycles. The number of methoxy groups -OCH3 is 2. The maximum Gasteiger partial charge on any atom is 0.0971 e. The summed E-state index contributed by atoms with van der Waals surface area (Å²) >= 11 is 0. The number of nitrogens with zero attached hydrogens (tertiary/aromatic N) is 1. The van der Waals surface area contributed by atoms with E-state index in [9.17, 15) is 0 Å². The SMILES string of the molecule is CNC1CCCC1CN1CC(OC)C(OC)C1. The first-order chi connectivity index (χ1) is 8.28. The van der Waals surface area contributed by atoms with Crippen LogP contribution in [0.5, 0.6) is 0 Å². The Bertz CT molecular complexity index is 225. The van der Waals surface area contributed by atoms with Crippen LogP contribution in [-0.4, -0.2) is 64.1 Å². The summed E-state index contributed by atoms with van der Waals surface area (Å²) in [6.07, 6.45) is 4.54. The first-order valence-electron chi connectivity index (χ1n) is 6.73. The molecular weight excluding hydrogens is 216 g/mol. The highest BCUT2D eigenvalue weighted by Gasteiger charge is 2.36. The molecule has 1 N–H and O–H groups in total. The van der Waals surface area contributed by atoms with Crippen molar-refractivity contribution in [2.24, 2.45) is 5.92 Å². The molecule has 1 aliphatic heterocycles. The van der Waals surface area contributed by atoms with Gasteiger partial charge in [-0.25, -0.2) is 0 Å². The molecule has 1 saturated carbocycles. The number of ether oxygens (including phenoxy) is 2. The molecular formula is C13H26N2O2. The van der Waals surface area contributed by atoms with E-state index in [-0.39, 0.29) is 12.2 Å². The number of nitrogens with one attached hydrogen (secondary N) is 1. The summed E-state index contributed by atoms with van der Waals surface area (Å²) in [5, 5.41) is 3.45. The Morgan fingerprint density at radius 3 is 2.29 bits per heavy atom. The Kier molecular flexibility index (Phi) is 4.79. The molecule has 4 heteroatoms. The van der Waals surface area contributed by atoms with Crippen molar-refractivity contribution >= 4 is 0 Å². The normalized spacial score (nSPS) is 39.0. The Balaban J connectivity index is 1.84. The van der Waals surface area contributed by atoms with Crippen LogP contribution in [0.4, 0.5) is 0 Å². The quantitative estimate of drug-likeness (QED) is 0.770. The van der Waals surface area contributed by atoms with Crippen molar-refractivity contribution in [1.29, 1.82) is 0 Å². The zero-order valence-corrected chi connectivity index (χ0v) is 11.3. The average Bonchev–Trinajstić information content (AvgIpc) is 2.95. The zero-order chi connectivity index (χ0) is 12.3. The molecule has 1 aliphatic carbocycles. The lowest BCUT2D eigenvalue weighted by molar-refractivity contribution is -0.00461. The number of hydrogen-bond donors (Lipinski definition) is 1. The second-order valence-electron chi connectivity index (χ2n) is 5.35. The third-order valence-corrected chi connectivity index (χ3v) is 4.42. The van der Waals surface area contributed by atoms with Crippen LogP contribution in [0.2, 0.25) is 0 Å². The molecule has 2 fully saturated rings. The Morgan fingerprint density at radius 1 is 1.12 bits per heavy atom. The molecule has 0 aromatic carbocycles. The minimum Gasteiger partial charge on any atom is -0.377 e. The monoisotopic (exact) mass is 242 g/mol. The summed E-state index contributed by atoms with van der Waals surface area (Å²) in [6.45, 7) is 3.22. The van der Waals surface area contributed by atoms with Crippen molar-refractivity contribution < 1.29 is 9.47 Å². The molecule has 4 nitrogen and oxygen atoms in total. The van der Waals surface area contributed by atoms with Crippen LogP contribution in [0.1, 0.15) is 19.3 Å². The predicted octanol–water partition coefficient (Wildman–Crippen LogP) is 0.720. The molecule has 0 radical (unpaired) electrons. The fourth-order valence-corrected chi connectivity index (χ4v) is 3.39. The Morgan fingerprint density at radius 2 is 1.76 bits per heavy atom. The van der Waals surface area contributed by atoms with E-state index in [0.717, 1.165) is 19.0 Å². The van der Waals surface area contributed by atoms with Gasteiger partial charge < -0.3 is 14.8 Å². The minimum atomic E-state index is 0.245. The molecule has 2 rings (SSSR count). The van der Waals surface area contributed by atoms with Crippen molar-refractivity contribution in [3.05, 3.63) is 0 Å². The van der Waals surface area contributed by atoms with Gasteiger partial charge in [-0.05, 0) is 25.8 Å². The van der Waals surface area contributed by atoms with Crippen molar-refractivity contribution in [2.45, 2.75) is 37.5 Å². The minimum absolute atomic E-state index is 0.245. The Hall–Kier alpha value is -0.160. The van der Waals surface area contributed by atoms with E-state index in [4.69, 9.17) is 9.47 Å². The molecule has 4 atom stereocenters. The molecule has 100 valence electrons. The Labute approximate surface area is 105 Å².